The van der Waals surface area contributed by atoms with Gasteiger partial charge in [-0.3, -0.25) is 4.79 Å². The Balaban J connectivity index is 1.33. The molecular weight excluding hydrogens is 516 g/mol. The fraction of sp³-hybridized carbons (Fsp3) is 0.400. The van der Waals surface area contributed by atoms with E-state index >= 15 is 0 Å². The number of aryl methyl sites for hydroxylation is 3. The first-order chi connectivity index (χ1) is 18.8. The molecule has 1 fully saturated rings. The fourth-order valence-corrected chi connectivity index (χ4v) is 6.08. The highest BCUT2D eigenvalue weighted by atomic mass is 35.5. The largest absolute Gasteiger partial charge is 0.511 e. The molecule has 1 aliphatic carbocycles. The highest BCUT2D eigenvalue weighted by molar-refractivity contribution is 6.33. The molecule has 1 saturated heterocycles. The monoisotopic (exact) mass is 548 g/mol. The zero-order valence-corrected chi connectivity index (χ0v) is 23.0. The van der Waals surface area contributed by atoms with Gasteiger partial charge in [-0.15, -0.1) is 0 Å². The van der Waals surface area contributed by atoms with Gasteiger partial charge in [0.05, 0.1) is 16.6 Å². The summed E-state index contributed by atoms with van der Waals surface area (Å²) in [6.07, 6.45) is 3.15. The lowest BCUT2D eigenvalue weighted by Gasteiger charge is -2.35. The Morgan fingerprint density at radius 3 is 2.56 bits per heavy atom. The van der Waals surface area contributed by atoms with Crippen LogP contribution >= 0.6 is 11.6 Å². The van der Waals surface area contributed by atoms with Crippen LogP contribution in [-0.4, -0.2) is 51.7 Å². The molecule has 1 aromatic heterocycles. The predicted molar refractivity (Wildman–Crippen MR) is 150 cm³/mol. The van der Waals surface area contributed by atoms with Crippen LogP contribution in [0.5, 0.6) is 5.75 Å². The van der Waals surface area contributed by atoms with Crippen LogP contribution in [0.15, 0.2) is 48.5 Å². The zero-order chi connectivity index (χ0) is 27.5. The van der Waals surface area contributed by atoms with Gasteiger partial charge in [-0.1, -0.05) is 29.8 Å². The lowest BCUT2D eigenvalue weighted by molar-refractivity contribution is 0.0659. The second-order valence-electron chi connectivity index (χ2n) is 10.4. The first-order valence-corrected chi connectivity index (χ1v) is 13.8. The Hall–Kier alpha value is -3.65. The Bertz CT molecular complexity index is 1350. The van der Waals surface area contributed by atoms with Crippen molar-refractivity contribution >= 4 is 29.5 Å². The van der Waals surface area contributed by atoms with E-state index in [9.17, 15) is 9.59 Å². The molecule has 0 radical (unpaired) electrons. The number of fused-ring (bicyclic) bond motifs is 1. The maximum absolute atomic E-state index is 13.9. The molecule has 0 bridgehead atoms. The number of piperidine rings is 1. The number of rotatable bonds is 7. The van der Waals surface area contributed by atoms with E-state index in [1.165, 1.54) is 0 Å². The van der Waals surface area contributed by atoms with Crippen molar-refractivity contribution in [2.45, 2.75) is 52.0 Å². The minimum Gasteiger partial charge on any atom is -0.449 e. The topological polar surface area (TPSA) is 95.9 Å². The van der Waals surface area contributed by atoms with E-state index in [4.69, 9.17) is 21.4 Å². The molecule has 1 amide bonds. The number of carboxylic acid groups (broad SMARTS) is 1. The van der Waals surface area contributed by atoms with Crippen LogP contribution < -0.4 is 9.64 Å². The van der Waals surface area contributed by atoms with E-state index in [1.807, 2.05) is 43.0 Å². The summed E-state index contributed by atoms with van der Waals surface area (Å²) < 4.78 is 4.93. The van der Waals surface area contributed by atoms with Crippen molar-refractivity contribution in [3.8, 4) is 5.75 Å². The molecule has 0 saturated carbocycles. The molecule has 2 aliphatic rings. The highest BCUT2D eigenvalue weighted by Crippen LogP contribution is 2.39. The first kappa shape index (κ1) is 26.9. The van der Waals surface area contributed by atoms with Gasteiger partial charge in [0.25, 0.3) is 5.91 Å². The highest BCUT2D eigenvalue weighted by Gasteiger charge is 2.33. The maximum atomic E-state index is 13.9. The van der Waals surface area contributed by atoms with Gasteiger partial charge in [-0.25, -0.2) is 14.8 Å². The third kappa shape index (κ3) is 6.17. The fourth-order valence-electron chi connectivity index (χ4n) is 5.87. The molecule has 8 nitrogen and oxygen atoms in total. The Labute approximate surface area is 233 Å². The molecule has 39 heavy (non-hydrogen) atoms. The van der Waals surface area contributed by atoms with Crippen LogP contribution in [0.25, 0.3) is 0 Å². The van der Waals surface area contributed by atoms with E-state index in [-0.39, 0.29) is 17.7 Å². The summed E-state index contributed by atoms with van der Waals surface area (Å²) in [4.78, 5) is 38.3. The van der Waals surface area contributed by atoms with Crippen molar-refractivity contribution in [2.24, 2.45) is 5.92 Å². The van der Waals surface area contributed by atoms with Crippen LogP contribution in [0.2, 0.25) is 5.02 Å². The minimum absolute atomic E-state index is 0.104. The molecule has 2 heterocycles. The number of anilines is 1. The number of amides is 1. The molecule has 9 heteroatoms. The number of carbonyl (C=O) groups excluding carboxylic acids is 1. The summed E-state index contributed by atoms with van der Waals surface area (Å²) in [6.45, 7) is 6.34. The van der Waals surface area contributed by atoms with Crippen LogP contribution in [0.4, 0.5) is 10.6 Å². The third-order valence-electron chi connectivity index (χ3n) is 7.78. The zero-order valence-electron chi connectivity index (χ0n) is 22.3. The van der Waals surface area contributed by atoms with Crippen molar-refractivity contribution in [2.75, 3.05) is 24.5 Å². The van der Waals surface area contributed by atoms with Crippen molar-refractivity contribution in [3.05, 3.63) is 81.8 Å². The second kappa shape index (κ2) is 11.6. The molecule has 2 aromatic carbocycles. The van der Waals surface area contributed by atoms with E-state index in [0.29, 0.717) is 23.0 Å². The van der Waals surface area contributed by atoms with Gasteiger partial charge in [0.15, 0.2) is 0 Å². The molecule has 0 unspecified atom stereocenters. The van der Waals surface area contributed by atoms with Crippen molar-refractivity contribution < 1.29 is 19.4 Å². The quantitative estimate of drug-likeness (QED) is 0.276. The molecule has 0 spiro atoms. The molecule has 3 aromatic rings. The molecule has 1 aliphatic heterocycles. The summed E-state index contributed by atoms with van der Waals surface area (Å²) in [6, 6.07) is 14.3. The number of nitrogens with zero attached hydrogens (tertiary/aromatic N) is 4. The minimum atomic E-state index is -1.35. The lowest BCUT2D eigenvalue weighted by atomic mass is 9.92. The number of halogens is 1. The summed E-state index contributed by atoms with van der Waals surface area (Å²) >= 11 is 6.45. The van der Waals surface area contributed by atoms with E-state index < -0.39 is 6.16 Å². The van der Waals surface area contributed by atoms with Gasteiger partial charge < -0.3 is 19.6 Å². The summed E-state index contributed by atoms with van der Waals surface area (Å²) in [7, 11) is 0. The van der Waals surface area contributed by atoms with Crippen molar-refractivity contribution in [1.82, 2.24) is 14.9 Å². The first-order valence-electron chi connectivity index (χ1n) is 13.4. The number of benzene rings is 2. The van der Waals surface area contributed by atoms with Crippen molar-refractivity contribution in [1.29, 1.82) is 0 Å². The van der Waals surface area contributed by atoms with Gasteiger partial charge in [0.2, 0.25) is 0 Å². The molecular formula is C30H33ClN4O4. The van der Waals surface area contributed by atoms with Gasteiger partial charge in [0.1, 0.15) is 17.4 Å². The Morgan fingerprint density at radius 2 is 1.85 bits per heavy atom. The molecule has 5 rings (SSSR count). The van der Waals surface area contributed by atoms with Gasteiger partial charge in [-0.05, 0) is 87.3 Å². The predicted octanol–water partition coefficient (Wildman–Crippen LogP) is 6.24. The van der Waals surface area contributed by atoms with Crippen LogP contribution in [0.3, 0.4) is 0 Å². The number of aromatic nitrogens is 2. The molecule has 204 valence electrons. The van der Waals surface area contributed by atoms with Crippen molar-refractivity contribution in [3.63, 3.8) is 0 Å². The summed E-state index contributed by atoms with van der Waals surface area (Å²) in [5, 5.41) is 9.52. The van der Waals surface area contributed by atoms with E-state index in [1.54, 1.807) is 24.3 Å². The van der Waals surface area contributed by atoms with Crippen LogP contribution in [-0.2, 0) is 6.42 Å². The summed E-state index contributed by atoms with van der Waals surface area (Å²) in [5.74, 6) is 2.41. The average molecular weight is 549 g/mol. The number of hydrogen-bond acceptors (Lipinski definition) is 6. The summed E-state index contributed by atoms with van der Waals surface area (Å²) in [5.41, 5.74) is 3.51. The normalized spacial score (nSPS) is 17.1. The van der Waals surface area contributed by atoms with Crippen LogP contribution in [0.1, 0.15) is 64.7 Å². The molecule has 1 N–H and O–H groups in total. The lowest BCUT2D eigenvalue weighted by Crippen LogP contribution is -2.38. The van der Waals surface area contributed by atoms with Gasteiger partial charge in [-0.2, -0.15) is 0 Å². The molecule has 1 atom stereocenters. The van der Waals surface area contributed by atoms with E-state index in [2.05, 4.69) is 14.9 Å². The second-order valence-corrected chi connectivity index (χ2v) is 10.8. The maximum Gasteiger partial charge on any atom is 0.511 e. The third-order valence-corrected chi connectivity index (χ3v) is 8.11. The van der Waals surface area contributed by atoms with Gasteiger partial charge in [0, 0.05) is 31.4 Å². The average Bonchev–Trinajstić information content (AvgIpc) is 3.31. The SMILES string of the molecule is Cc1cc(N2CCC(CCN(C(=O)c3ccccc3Cl)[C@@H]3CCc4ccc(OC(=O)O)cc43)CC2)nc(C)n1. The van der Waals surface area contributed by atoms with E-state index in [0.717, 1.165) is 73.7 Å². The smallest absolute Gasteiger partial charge is 0.449 e. The standard InChI is InChI=1S/C30H33ClN4O4/c1-19-17-28(33-20(2)32-19)34-14-11-21(12-15-34)13-16-35(29(36)24-5-3-4-6-26(24)31)27-10-8-22-7-9-23(18-25(22)27)39-30(37)38/h3-7,9,17-18,21,27H,8,10-16H2,1-2H3,(H,37,38)/t27-/m1/s1. The number of hydrogen-bond donors (Lipinski definition) is 1. The van der Waals surface area contributed by atoms with Gasteiger partial charge >= 0.3 is 6.16 Å². The Morgan fingerprint density at radius 1 is 1.08 bits per heavy atom. The Kier molecular flexibility index (Phi) is 8.02. The number of ether oxygens (including phenoxy) is 1. The number of carbonyl (C=O) groups is 2. The van der Waals surface area contributed by atoms with Crippen LogP contribution in [0, 0.1) is 19.8 Å².